The summed E-state index contributed by atoms with van der Waals surface area (Å²) in [6.07, 6.45) is 2.49. The van der Waals surface area contributed by atoms with Crippen molar-refractivity contribution in [2.45, 2.75) is 20.3 Å². The number of aromatic nitrogens is 1. The molecule has 0 spiro atoms. The number of rotatable bonds is 5. The summed E-state index contributed by atoms with van der Waals surface area (Å²) in [6, 6.07) is 3.32. The van der Waals surface area contributed by atoms with E-state index in [2.05, 4.69) is 18.8 Å². The van der Waals surface area contributed by atoms with Crippen LogP contribution in [0.15, 0.2) is 18.3 Å². The third kappa shape index (κ3) is 3.53. The number of hydrogen-bond donors (Lipinski definition) is 1. The van der Waals surface area contributed by atoms with Gasteiger partial charge in [-0.15, -0.1) is 0 Å². The number of pyridine rings is 1. The van der Waals surface area contributed by atoms with E-state index in [1.54, 1.807) is 12.1 Å². The Morgan fingerprint density at radius 1 is 1.50 bits per heavy atom. The summed E-state index contributed by atoms with van der Waals surface area (Å²) < 4.78 is 0. The van der Waals surface area contributed by atoms with Crippen molar-refractivity contribution in [2.24, 2.45) is 5.92 Å². The highest BCUT2D eigenvalue weighted by Gasteiger charge is 2.06. The van der Waals surface area contributed by atoms with Crippen LogP contribution in [0.1, 0.15) is 30.6 Å². The van der Waals surface area contributed by atoms with Gasteiger partial charge in [-0.3, -0.25) is 0 Å². The zero-order valence-electron chi connectivity index (χ0n) is 9.97. The van der Waals surface area contributed by atoms with Gasteiger partial charge in [0.05, 0.1) is 5.56 Å². The molecule has 4 heteroatoms. The molecule has 1 rings (SSSR count). The van der Waals surface area contributed by atoms with Crippen molar-refractivity contribution in [3.8, 4) is 0 Å². The second-order valence-corrected chi connectivity index (χ2v) is 4.31. The molecule has 1 aromatic rings. The topological polar surface area (TPSA) is 53.4 Å². The average molecular weight is 222 g/mol. The van der Waals surface area contributed by atoms with Crippen molar-refractivity contribution >= 4 is 11.8 Å². The van der Waals surface area contributed by atoms with Gasteiger partial charge in [0, 0.05) is 19.8 Å². The average Bonchev–Trinajstić information content (AvgIpc) is 2.26. The molecule has 0 aliphatic heterocycles. The summed E-state index contributed by atoms with van der Waals surface area (Å²) in [7, 11) is 1.96. The zero-order chi connectivity index (χ0) is 12.1. The summed E-state index contributed by atoms with van der Waals surface area (Å²) in [5.74, 6) is 0.523. The van der Waals surface area contributed by atoms with Crippen molar-refractivity contribution in [1.82, 2.24) is 4.98 Å². The Labute approximate surface area is 95.9 Å². The van der Waals surface area contributed by atoms with E-state index in [0.717, 1.165) is 18.8 Å². The molecule has 0 bridgehead atoms. The minimum Gasteiger partial charge on any atom is -0.478 e. The highest BCUT2D eigenvalue weighted by Crippen LogP contribution is 2.11. The zero-order valence-corrected chi connectivity index (χ0v) is 9.97. The van der Waals surface area contributed by atoms with E-state index in [1.165, 1.54) is 6.20 Å². The van der Waals surface area contributed by atoms with Crippen LogP contribution in [-0.4, -0.2) is 29.7 Å². The van der Waals surface area contributed by atoms with Crippen LogP contribution in [-0.2, 0) is 0 Å². The van der Waals surface area contributed by atoms with Crippen LogP contribution in [0.2, 0.25) is 0 Å². The van der Waals surface area contributed by atoms with E-state index in [0.29, 0.717) is 5.92 Å². The molecule has 1 aromatic heterocycles. The fraction of sp³-hybridized carbons (Fsp3) is 0.500. The van der Waals surface area contributed by atoms with Crippen molar-refractivity contribution in [3.63, 3.8) is 0 Å². The number of anilines is 1. The molecular formula is C12H18N2O2. The van der Waals surface area contributed by atoms with E-state index >= 15 is 0 Å². The number of nitrogens with zero attached hydrogens (tertiary/aromatic N) is 2. The van der Waals surface area contributed by atoms with Gasteiger partial charge in [0.1, 0.15) is 5.82 Å². The lowest BCUT2D eigenvalue weighted by Crippen LogP contribution is -2.21. The predicted molar refractivity (Wildman–Crippen MR) is 63.9 cm³/mol. The smallest absolute Gasteiger partial charge is 0.337 e. The van der Waals surface area contributed by atoms with Gasteiger partial charge in [-0.25, -0.2) is 9.78 Å². The Balaban J connectivity index is 2.63. The van der Waals surface area contributed by atoms with Crippen molar-refractivity contribution in [2.75, 3.05) is 18.5 Å². The third-order valence-electron chi connectivity index (χ3n) is 2.43. The quantitative estimate of drug-likeness (QED) is 0.830. The Morgan fingerprint density at radius 2 is 2.19 bits per heavy atom. The molecule has 0 atom stereocenters. The van der Waals surface area contributed by atoms with Gasteiger partial charge in [0.25, 0.3) is 0 Å². The molecule has 0 aliphatic carbocycles. The fourth-order valence-corrected chi connectivity index (χ4v) is 1.30. The first-order chi connectivity index (χ1) is 7.50. The van der Waals surface area contributed by atoms with Crippen LogP contribution in [0.25, 0.3) is 0 Å². The van der Waals surface area contributed by atoms with E-state index in [9.17, 15) is 4.79 Å². The van der Waals surface area contributed by atoms with Crippen LogP contribution < -0.4 is 4.90 Å². The largest absolute Gasteiger partial charge is 0.478 e. The van der Waals surface area contributed by atoms with Gasteiger partial charge >= 0.3 is 5.97 Å². The molecule has 0 saturated carbocycles. The van der Waals surface area contributed by atoms with Crippen LogP contribution in [0.4, 0.5) is 5.82 Å². The first kappa shape index (κ1) is 12.5. The summed E-state index contributed by atoms with van der Waals surface area (Å²) in [6.45, 7) is 5.28. The molecule has 0 aromatic carbocycles. The minimum absolute atomic E-state index is 0.223. The Kier molecular flexibility index (Phi) is 4.28. The van der Waals surface area contributed by atoms with Gasteiger partial charge in [-0.2, -0.15) is 0 Å². The van der Waals surface area contributed by atoms with Crippen molar-refractivity contribution in [1.29, 1.82) is 0 Å². The molecule has 4 nitrogen and oxygen atoms in total. The van der Waals surface area contributed by atoms with Gasteiger partial charge in [0.15, 0.2) is 0 Å². The molecule has 0 unspecified atom stereocenters. The monoisotopic (exact) mass is 222 g/mol. The first-order valence-corrected chi connectivity index (χ1v) is 5.41. The van der Waals surface area contributed by atoms with Gasteiger partial charge in [-0.05, 0) is 24.5 Å². The minimum atomic E-state index is -0.941. The standard InChI is InChI=1S/C12H18N2O2/c1-9(2)6-7-14(3)11-5-4-10(8-13-11)12(15)16/h4-5,8-9H,6-7H2,1-3H3,(H,15,16). The highest BCUT2D eigenvalue weighted by molar-refractivity contribution is 5.87. The fourth-order valence-electron chi connectivity index (χ4n) is 1.30. The maximum atomic E-state index is 10.6. The number of carboxylic acids is 1. The first-order valence-electron chi connectivity index (χ1n) is 5.41. The third-order valence-corrected chi connectivity index (χ3v) is 2.43. The number of carboxylic acid groups (broad SMARTS) is 1. The van der Waals surface area contributed by atoms with Gasteiger partial charge in [0.2, 0.25) is 0 Å². The van der Waals surface area contributed by atoms with Crippen LogP contribution in [0, 0.1) is 5.92 Å². The summed E-state index contributed by atoms with van der Waals surface area (Å²) in [5.41, 5.74) is 0.223. The molecule has 88 valence electrons. The molecule has 0 aliphatic rings. The SMILES string of the molecule is CC(C)CCN(C)c1ccc(C(=O)O)cn1. The van der Waals surface area contributed by atoms with Crippen LogP contribution in [0.5, 0.6) is 0 Å². The summed E-state index contributed by atoms with van der Waals surface area (Å²) >= 11 is 0. The van der Waals surface area contributed by atoms with Crippen molar-refractivity contribution < 1.29 is 9.90 Å². The molecule has 0 amide bonds. The number of hydrogen-bond acceptors (Lipinski definition) is 3. The molecular weight excluding hydrogens is 204 g/mol. The second-order valence-electron chi connectivity index (χ2n) is 4.31. The lowest BCUT2D eigenvalue weighted by molar-refractivity contribution is 0.0696. The maximum Gasteiger partial charge on any atom is 0.337 e. The number of carbonyl (C=O) groups is 1. The lowest BCUT2D eigenvalue weighted by Gasteiger charge is -2.19. The highest BCUT2D eigenvalue weighted by atomic mass is 16.4. The van der Waals surface area contributed by atoms with E-state index in [4.69, 9.17) is 5.11 Å². The lowest BCUT2D eigenvalue weighted by atomic mass is 10.1. The Bertz CT molecular complexity index is 347. The van der Waals surface area contributed by atoms with E-state index in [-0.39, 0.29) is 5.56 Å². The van der Waals surface area contributed by atoms with E-state index in [1.807, 2.05) is 11.9 Å². The molecule has 1 N–H and O–H groups in total. The molecule has 16 heavy (non-hydrogen) atoms. The summed E-state index contributed by atoms with van der Waals surface area (Å²) in [5, 5.41) is 8.74. The van der Waals surface area contributed by atoms with Crippen LogP contribution >= 0.6 is 0 Å². The maximum absolute atomic E-state index is 10.6. The molecule has 0 radical (unpaired) electrons. The van der Waals surface area contributed by atoms with Crippen LogP contribution in [0.3, 0.4) is 0 Å². The Hall–Kier alpha value is -1.58. The van der Waals surface area contributed by atoms with E-state index < -0.39 is 5.97 Å². The number of aromatic carboxylic acids is 1. The van der Waals surface area contributed by atoms with Gasteiger partial charge in [-0.1, -0.05) is 13.8 Å². The summed E-state index contributed by atoms with van der Waals surface area (Å²) in [4.78, 5) is 16.8. The molecule has 0 fully saturated rings. The molecule has 1 heterocycles. The molecule has 0 saturated heterocycles. The predicted octanol–water partition coefficient (Wildman–Crippen LogP) is 2.26. The Morgan fingerprint density at radius 3 is 2.62 bits per heavy atom. The normalized spacial score (nSPS) is 10.5. The second kappa shape index (κ2) is 5.49. The van der Waals surface area contributed by atoms with Crippen molar-refractivity contribution in [3.05, 3.63) is 23.9 Å². The van der Waals surface area contributed by atoms with Gasteiger partial charge < -0.3 is 10.0 Å².